The minimum Gasteiger partial charge on any atom is -0.451 e. The first-order valence-electron chi connectivity index (χ1n) is 10.3. The van der Waals surface area contributed by atoms with Crippen molar-refractivity contribution >= 4 is 16.9 Å². The second-order valence-electron chi connectivity index (χ2n) is 7.94. The molecule has 1 aliphatic rings. The second kappa shape index (κ2) is 7.44. The SMILES string of the molecule is Cc1ccc(-c2noc(C3CCN(C(=O)c4oc5ccccc5c4C)CC3)n2)cc1. The van der Waals surface area contributed by atoms with E-state index in [4.69, 9.17) is 8.94 Å². The fraction of sp³-hybridized carbons (Fsp3) is 0.292. The van der Waals surface area contributed by atoms with E-state index < -0.39 is 0 Å². The lowest BCUT2D eigenvalue weighted by molar-refractivity contribution is 0.0674. The molecule has 3 heterocycles. The van der Waals surface area contributed by atoms with Gasteiger partial charge in [0.15, 0.2) is 5.76 Å². The maximum absolute atomic E-state index is 13.0. The summed E-state index contributed by atoms with van der Waals surface area (Å²) in [5.74, 6) is 1.82. The van der Waals surface area contributed by atoms with Crippen LogP contribution in [0.2, 0.25) is 0 Å². The Kier molecular flexibility index (Phi) is 4.62. The number of nitrogens with zero attached hydrogens (tertiary/aromatic N) is 3. The van der Waals surface area contributed by atoms with Gasteiger partial charge in [0.05, 0.1) is 0 Å². The second-order valence-corrected chi connectivity index (χ2v) is 7.94. The molecule has 6 heteroatoms. The lowest BCUT2D eigenvalue weighted by atomic mass is 9.96. The third-order valence-corrected chi connectivity index (χ3v) is 5.92. The van der Waals surface area contributed by atoms with Crippen molar-refractivity contribution in [3.8, 4) is 11.4 Å². The van der Waals surface area contributed by atoms with Crippen LogP contribution in [0, 0.1) is 13.8 Å². The Labute approximate surface area is 174 Å². The summed E-state index contributed by atoms with van der Waals surface area (Å²) >= 11 is 0. The fourth-order valence-electron chi connectivity index (χ4n) is 4.07. The molecule has 1 saturated heterocycles. The molecule has 0 bridgehead atoms. The highest BCUT2D eigenvalue weighted by molar-refractivity contribution is 5.98. The number of benzene rings is 2. The Balaban J connectivity index is 1.28. The minimum atomic E-state index is -0.0481. The van der Waals surface area contributed by atoms with Crippen LogP contribution in [0.1, 0.15) is 46.3 Å². The molecule has 0 aliphatic carbocycles. The van der Waals surface area contributed by atoms with Crippen molar-refractivity contribution in [2.45, 2.75) is 32.6 Å². The van der Waals surface area contributed by atoms with Crippen molar-refractivity contribution < 1.29 is 13.7 Å². The summed E-state index contributed by atoms with van der Waals surface area (Å²) in [6.07, 6.45) is 1.58. The number of para-hydroxylation sites is 1. The number of amides is 1. The van der Waals surface area contributed by atoms with E-state index in [1.807, 2.05) is 67.3 Å². The van der Waals surface area contributed by atoms with Gasteiger partial charge in [-0.3, -0.25) is 4.79 Å². The highest BCUT2D eigenvalue weighted by atomic mass is 16.5. The van der Waals surface area contributed by atoms with E-state index in [1.54, 1.807) is 0 Å². The molecule has 6 nitrogen and oxygen atoms in total. The van der Waals surface area contributed by atoms with Crippen molar-refractivity contribution in [1.29, 1.82) is 0 Å². The summed E-state index contributed by atoms with van der Waals surface area (Å²) in [6, 6.07) is 15.8. The molecule has 0 N–H and O–H groups in total. The number of piperidine rings is 1. The molecule has 4 aromatic rings. The predicted octanol–water partition coefficient (Wildman–Crippen LogP) is 5.12. The Morgan fingerprint density at radius 1 is 1.03 bits per heavy atom. The first-order valence-corrected chi connectivity index (χ1v) is 10.3. The molecule has 0 radical (unpaired) electrons. The highest BCUT2D eigenvalue weighted by Gasteiger charge is 2.30. The Hall–Kier alpha value is -3.41. The summed E-state index contributed by atoms with van der Waals surface area (Å²) in [4.78, 5) is 19.5. The molecular formula is C24H23N3O3. The van der Waals surface area contributed by atoms with Crippen LogP contribution < -0.4 is 0 Å². The van der Waals surface area contributed by atoms with Crippen LogP contribution in [-0.2, 0) is 0 Å². The zero-order valence-corrected chi connectivity index (χ0v) is 17.1. The molecule has 1 fully saturated rings. The first-order chi connectivity index (χ1) is 14.6. The molecule has 0 unspecified atom stereocenters. The number of fused-ring (bicyclic) bond motifs is 1. The van der Waals surface area contributed by atoms with E-state index >= 15 is 0 Å². The molecule has 5 rings (SSSR count). The fourth-order valence-corrected chi connectivity index (χ4v) is 4.07. The number of furan rings is 1. The van der Waals surface area contributed by atoms with Crippen molar-refractivity contribution in [1.82, 2.24) is 15.0 Å². The molecular weight excluding hydrogens is 378 g/mol. The van der Waals surface area contributed by atoms with Gasteiger partial charge in [0, 0.05) is 35.5 Å². The average Bonchev–Trinajstić information content (AvgIpc) is 3.40. The van der Waals surface area contributed by atoms with E-state index in [0.29, 0.717) is 30.6 Å². The number of likely N-dealkylation sites (tertiary alicyclic amines) is 1. The van der Waals surface area contributed by atoms with Crippen molar-refractivity contribution in [2.24, 2.45) is 0 Å². The van der Waals surface area contributed by atoms with Crippen LogP contribution in [0.5, 0.6) is 0 Å². The van der Waals surface area contributed by atoms with Gasteiger partial charge in [-0.05, 0) is 32.8 Å². The van der Waals surface area contributed by atoms with Crippen LogP contribution in [-0.4, -0.2) is 34.0 Å². The van der Waals surface area contributed by atoms with E-state index in [1.165, 1.54) is 5.56 Å². The lowest BCUT2D eigenvalue weighted by Crippen LogP contribution is -2.38. The Bertz CT molecular complexity index is 1200. The summed E-state index contributed by atoms with van der Waals surface area (Å²) in [7, 11) is 0. The molecule has 30 heavy (non-hydrogen) atoms. The molecule has 1 amide bonds. The summed E-state index contributed by atoms with van der Waals surface area (Å²) < 4.78 is 11.4. The van der Waals surface area contributed by atoms with Gasteiger partial charge >= 0.3 is 0 Å². The lowest BCUT2D eigenvalue weighted by Gasteiger charge is -2.29. The molecule has 1 aliphatic heterocycles. The number of aromatic nitrogens is 2. The van der Waals surface area contributed by atoms with Crippen molar-refractivity contribution in [2.75, 3.05) is 13.1 Å². The van der Waals surface area contributed by atoms with E-state index in [9.17, 15) is 4.79 Å². The van der Waals surface area contributed by atoms with Gasteiger partial charge in [-0.1, -0.05) is 53.2 Å². The average molecular weight is 401 g/mol. The summed E-state index contributed by atoms with van der Waals surface area (Å²) in [6.45, 7) is 5.27. The molecule has 2 aromatic carbocycles. The number of carbonyl (C=O) groups excluding carboxylic acids is 1. The Morgan fingerprint density at radius 2 is 1.77 bits per heavy atom. The van der Waals surface area contributed by atoms with Crippen LogP contribution in [0.25, 0.3) is 22.4 Å². The number of aryl methyl sites for hydroxylation is 2. The maximum Gasteiger partial charge on any atom is 0.289 e. The standard InChI is InChI=1S/C24H23N3O3/c1-15-7-9-17(10-8-15)22-25-23(30-26-22)18-11-13-27(14-12-18)24(28)21-16(2)19-5-3-4-6-20(19)29-21/h3-10,18H,11-14H2,1-2H3. The van der Waals surface area contributed by atoms with Gasteiger partial charge in [-0.25, -0.2) is 0 Å². The minimum absolute atomic E-state index is 0.0481. The largest absolute Gasteiger partial charge is 0.451 e. The third-order valence-electron chi connectivity index (χ3n) is 5.92. The number of carbonyl (C=O) groups is 1. The van der Waals surface area contributed by atoms with Gasteiger partial charge in [-0.15, -0.1) is 0 Å². The smallest absolute Gasteiger partial charge is 0.289 e. The molecule has 0 spiro atoms. The zero-order valence-electron chi connectivity index (χ0n) is 17.1. The quantitative estimate of drug-likeness (QED) is 0.476. The van der Waals surface area contributed by atoms with Crippen LogP contribution in [0.4, 0.5) is 0 Å². The topological polar surface area (TPSA) is 72.4 Å². The first kappa shape index (κ1) is 18.6. The van der Waals surface area contributed by atoms with E-state index in [-0.39, 0.29) is 11.8 Å². The molecule has 0 saturated carbocycles. The van der Waals surface area contributed by atoms with Gasteiger partial charge < -0.3 is 13.8 Å². The predicted molar refractivity (Wildman–Crippen MR) is 113 cm³/mol. The van der Waals surface area contributed by atoms with Gasteiger partial charge in [0.1, 0.15) is 5.58 Å². The number of rotatable bonds is 3. The van der Waals surface area contributed by atoms with E-state index in [2.05, 4.69) is 10.1 Å². The zero-order chi connectivity index (χ0) is 20.7. The highest BCUT2D eigenvalue weighted by Crippen LogP contribution is 2.31. The van der Waals surface area contributed by atoms with Gasteiger partial charge in [-0.2, -0.15) is 4.98 Å². The van der Waals surface area contributed by atoms with E-state index in [0.717, 1.165) is 34.9 Å². The third kappa shape index (κ3) is 3.28. The summed E-state index contributed by atoms with van der Waals surface area (Å²) in [5.41, 5.74) is 3.79. The normalized spacial score (nSPS) is 15.1. The monoisotopic (exact) mass is 401 g/mol. The summed E-state index contributed by atoms with van der Waals surface area (Å²) in [5, 5.41) is 5.14. The number of hydrogen-bond donors (Lipinski definition) is 0. The molecule has 0 atom stereocenters. The van der Waals surface area contributed by atoms with Crippen LogP contribution in [0.3, 0.4) is 0 Å². The van der Waals surface area contributed by atoms with Crippen LogP contribution in [0.15, 0.2) is 57.5 Å². The Morgan fingerprint density at radius 3 is 2.50 bits per heavy atom. The van der Waals surface area contributed by atoms with Crippen LogP contribution >= 0.6 is 0 Å². The maximum atomic E-state index is 13.0. The molecule has 152 valence electrons. The van der Waals surface area contributed by atoms with Crippen molar-refractivity contribution in [3.05, 3.63) is 71.3 Å². The van der Waals surface area contributed by atoms with Gasteiger partial charge in [0.2, 0.25) is 11.7 Å². The molecule has 2 aromatic heterocycles. The number of hydrogen-bond acceptors (Lipinski definition) is 5. The van der Waals surface area contributed by atoms with Gasteiger partial charge in [0.25, 0.3) is 5.91 Å². The van der Waals surface area contributed by atoms with Crippen molar-refractivity contribution in [3.63, 3.8) is 0 Å².